The van der Waals surface area contributed by atoms with Crippen molar-refractivity contribution < 1.29 is 4.79 Å². The molecule has 116 valence electrons. The quantitative estimate of drug-likeness (QED) is 0.871. The maximum Gasteiger partial charge on any atom is 0.239 e. The fraction of sp³-hybridized carbons (Fsp3) is 0.733. The van der Waals surface area contributed by atoms with E-state index >= 15 is 0 Å². The van der Waals surface area contributed by atoms with Gasteiger partial charge in [-0.15, -0.1) is 0 Å². The molecule has 3 rings (SSSR count). The normalized spacial score (nSPS) is 26.0. The number of hydrogen-bond donors (Lipinski definition) is 2. The van der Waals surface area contributed by atoms with Crippen LogP contribution < -0.4 is 10.6 Å². The van der Waals surface area contributed by atoms with Crippen LogP contribution in [0.5, 0.6) is 0 Å². The zero-order valence-corrected chi connectivity index (χ0v) is 12.9. The molecule has 0 radical (unpaired) electrons. The number of fused-ring (bicyclic) bond motifs is 1. The molecule has 0 spiro atoms. The van der Waals surface area contributed by atoms with Gasteiger partial charge in [0, 0.05) is 31.2 Å². The van der Waals surface area contributed by atoms with Crippen LogP contribution in [-0.2, 0) is 4.79 Å². The average molecular weight is 291 g/mol. The summed E-state index contributed by atoms with van der Waals surface area (Å²) in [6.07, 6.45) is 4.27. The number of anilines is 1. The molecule has 2 unspecified atom stereocenters. The first-order valence-electron chi connectivity index (χ1n) is 7.92. The summed E-state index contributed by atoms with van der Waals surface area (Å²) in [5.41, 5.74) is 0. The van der Waals surface area contributed by atoms with Gasteiger partial charge in [0.2, 0.25) is 5.91 Å². The number of nitrogens with zero attached hydrogens (tertiary/aromatic N) is 3. The third kappa shape index (κ3) is 3.27. The van der Waals surface area contributed by atoms with Crippen LogP contribution in [0.25, 0.3) is 0 Å². The number of carbonyl (C=O) groups is 1. The standard InChI is InChI=1S/C15H25N5O/c1-11(2)20-14(5-7-17-20)18-15(21)10-19-8-12-4-3-6-16-13(12)9-19/h5,7,11-13,16H,3-4,6,8-10H2,1-2H3,(H,18,21). The van der Waals surface area contributed by atoms with E-state index in [4.69, 9.17) is 0 Å². The summed E-state index contributed by atoms with van der Waals surface area (Å²) in [6, 6.07) is 2.67. The first-order chi connectivity index (χ1) is 10.1. The summed E-state index contributed by atoms with van der Waals surface area (Å²) in [5, 5.41) is 10.8. The molecule has 2 N–H and O–H groups in total. The molecule has 0 aliphatic carbocycles. The predicted molar refractivity (Wildman–Crippen MR) is 82.2 cm³/mol. The number of amides is 1. The lowest BCUT2D eigenvalue weighted by Gasteiger charge is -2.24. The fourth-order valence-electron chi connectivity index (χ4n) is 3.48. The average Bonchev–Trinajstić information content (AvgIpc) is 3.03. The minimum Gasteiger partial charge on any atom is -0.312 e. The second-order valence-electron chi connectivity index (χ2n) is 6.46. The molecular weight excluding hydrogens is 266 g/mol. The Balaban J connectivity index is 1.54. The Labute approximate surface area is 125 Å². The Morgan fingerprint density at radius 2 is 2.38 bits per heavy atom. The molecule has 6 heteroatoms. The lowest BCUT2D eigenvalue weighted by atomic mass is 9.94. The summed E-state index contributed by atoms with van der Waals surface area (Å²) in [4.78, 5) is 14.5. The molecule has 0 saturated carbocycles. The molecule has 2 fully saturated rings. The van der Waals surface area contributed by atoms with E-state index in [1.54, 1.807) is 6.20 Å². The van der Waals surface area contributed by atoms with Crippen LogP contribution in [0, 0.1) is 5.92 Å². The summed E-state index contributed by atoms with van der Waals surface area (Å²) in [5.74, 6) is 1.55. The maximum atomic E-state index is 12.2. The Hall–Kier alpha value is -1.40. The molecule has 2 aliphatic heterocycles. The third-order valence-electron chi connectivity index (χ3n) is 4.47. The highest BCUT2D eigenvalue weighted by Crippen LogP contribution is 2.24. The highest BCUT2D eigenvalue weighted by Gasteiger charge is 2.34. The Morgan fingerprint density at radius 3 is 3.14 bits per heavy atom. The molecule has 3 heterocycles. The van der Waals surface area contributed by atoms with Crippen molar-refractivity contribution >= 4 is 11.7 Å². The van der Waals surface area contributed by atoms with E-state index in [0.29, 0.717) is 18.5 Å². The van der Waals surface area contributed by atoms with Crippen LogP contribution in [0.3, 0.4) is 0 Å². The minimum atomic E-state index is 0.0519. The topological polar surface area (TPSA) is 62.2 Å². The van der Waals surface area contributed by atoms with Crippen LogP contribution in [0.1, 0.15) is 32.7 Å². The van der Waals surface area contributed by atoms with Gasteiger partial charge in [0.15, 0.2) is 0 Å². The van der Waals surface area contributed by atoms with E-state index in [-0.39, 0.29) is 11.9 Å². The summed E-state index contributed by atoms with van der Waals surface area (Å²) >= 11 is 0. The number of nitrogens with one attached hydrogen (secondary N) is 2. The van der Waals surface area contributed by atoms with Crippen molar-refractivity contribution in [2.24, 2.45) is 5.92 Å². The highest BCUT2D eigenvalue weighted by molar-refractivity contribution is 5.91. The van der Waals surface area contributed by atoms with Crippen LogP contribution in [0.4, 0.5) is 5.82 Å². The van der Waals surface area contributed by atoms with Crippen molar-refractivity contribution in [1.82, 2.24) is 20.0 Å². The molecule has 1 amide bonds. The number of aromatic nitrogens is 2. The van der Waals surface area contributed by atoms with Gasteiger partial charge in [-0.3, -0.25) is 9.69 Å². The van der Waals surface area contributed by atoms with E-state index in [9.17, 15) is 4.79 Å². The van der Waals surface area contributed by atoms with Gasteiger partial charge in [-0.25, -0.2) is 4.68 Å². The third-order valence-corrected chi connectivity index (χ3v) is 4.47. The zero-order valence-electron chi connectivity index (χ0n) is 12.9. The van der Waals surface area contributed by atoms with E-state index in [0.717, 1.165) is 25.5 Å². The van der Waals surface area contributed by atoms with Crippen molar-refractivity contribution in [2.45, 2.75) is 38.8 Å². The first-order valence-corrected chi connectivity index (χ1v) is 7.92. The van der Waals surface area contributed by atoms with Crippen molar-refractivity contribution in [2.75, 3.05) is 31.5 Å². The highest BCUT2D eigenvalue weighted by atomic mass is 16.2. The monoisotopic (exact) mass is 291 g/mol. The Kier molecular flexibility index (Phi) is 4.26. The van der Waals surface area contributed by atoms with Gasteiger partial charge in [0.1, 0.15) is 5.82 Å². The SMILES string of the molecule is CC(C)n1nccc1NC(=O)CN1CC2CCCNC2C1. The van der Waals surface area contributed by atoms with Crippen molar-refractivity contribution in [3.05, 3.63) is 12.3 Å². The van der Waals surface area contributed by atoms with Crippen molar-refractivity contribution in [3.63, 3.8) is 0 Å². The molecule has 1 aromatic rings. The number of hydrogen-bond acceptors (Lipinski definition) is 4. The fourth-order valence-corrected chi connectivity index (χ4v) is 3.48. The lowest BCUT2D eigenvalue weighted by Crippen LogP contribution is -2.41. The van der Waals surface area contributed by atoms with Crippen LogP contribution in [0.15, 0.2) is 12.3 Å². The van der Waals surface area contributed by atoms with Crippen LogP contribution in [-0.4, -0.2) is 52.8 Å². The van der Waals surface area contributed by atoms with Crippen molar-refractivity contribution in [3.8, 4) is 0 Å². The van der Waals surface area contributed by atoms with Gasteiger partial charge in [0.05, 0.1) is 12.7 Å². The second kappa shape index (κ2) is 6.15. The molecule has 6 nitrogen and oxygen atoms in total. The maximum absolute atomic E-state index is 12.2. The molecule has 2 saturated heterocycles. The largest absolute Gasteiger partial charge is 0.312 e. The molecular formula is C15H25N5O. The molecule has 0 aromatic carbocycles. The van der Waals surface area contributed by atoms with Gasteiger partial charge in [-0.05, 0) is 39.2 Å². The number of rotatable bonds is 4. The lowest BCUT2D eigenvalue weighted by molar-refractivity contribution is -0.117. The van der Waals surface area contributed by atoms with Gasteiger partial charge in [0.25, 0.3) is 0 Å². The smallest absolute Gasteiger partial charge is 0.239 e. The van der Waals surface area contributed by atoms with E-state index < -0.39 is 0 Å². The number of carbonyl (C=O) groups excluding carboxylic acids is 1. The van der Waals surface area contributed by atoms with Gasteiger partial charge in [-0.1, -0.05) is 0 Å². The number of piperidine rings is 1. The van der Waals surface area contributed by atoms with E-state index in [1.165, 1.54) is 12.8 Å². The Bertz CT molecular complexity index is 484. The summed E-state index contributed by atoms with van der Waals surface area (Å²) in [7, 11) is 0. The van der Waals surface area contributed by atoms with Crippen LogP contribution in [0.2, 0.25) is 0 Å². The summed E-state index contributed by atoms with van der Waals surface area (Å²) in [6.45, 7) is 7.72. The molecule has 2 atom stereocenters. The van der Waals surface area contributed by atoms with Gasteiger partial charge in [-0.2, -0.15) is 5.10 Å². The first kappa shape index (κ1) is 14.5. The second-order valence-corrected chi connectivity index (χ2v) is 6.46. The molecule has 0 bridgehead atoms. The summed E-state index contributed by atoms with van der Waals surface area (Å²) < 4.78 is 1.84. The van der Waals surface area contributed by atoms with E-state index in [2.05, 4.69) is 34.5 Å². The van der Waals surface area contributed by atoms with Crippen LogP contribution >= 0.6 is 0 Å². The Morgan fingerprint density at radius 1 is 1.52 bits per heavy atom. The predicted octanol–water partition coefficient (Wildman–Crippen LogP) is 1.09. The van der Waals surface area contributed by atoms with Crippen molar-refractivity contribution in [1.29, 1.82) is 0 Å². The van der Waals surface area contributed by atoms with Gasteiger partial charge < -0.3 is 10.6 Å². The number of likely N-dealkylation sites (tertiary alicyclic amines) is 1. The molecule has 2 aliphatic rings. The van der Waals surface area contributed by atoms with Gasteiger partial charge >= 0.3 is 0 Å². The van der Waals surface area contributed by atoms with E-state index in [1.807, 2.05) is 10.7 Å². The molecule has 1 aromatic heterocycles. The minimum absolute atomic E-state index is 0.0519. The molecule has 21 heavy (non-hydrogen) atoms. The zero-order chi connectivity index (χ0) is 14.8.